The lowest BCUT2D eigenvalue weighted by atomic mass is 10.2. The molecule has 122 valence electrons. The predicted octanol–water partition coefficient (Wildman–Crippen LogP) is 2.12. The molecule has 0 aliphatic carbocycles. The van der Waals surface area contributed by atoms with Crippen LogP contribution in [0.3, 0.4) is 0 Å². The van der Waals surface area contributed by atoms with Gasteiger partial charge in [0.25, 0.3) is 5.91 Å². The maximum atomic E-state index is 12.9. The van der Waals surface area contributed by atoms with Crippen molar-refractivity contribution in [1.82, 2.24) is 15.2 Å². The van der Waals surface area contributed by atoms with Crippen LogP contribution in [0.2, 0.25) is 0 Å². The second-order valence-corrected chi connectivity index (χ2v) is 5.50. The van der Waals surface area contributed by atoms with Crippen molar-refractivity contribution in [1.29, 1.82) is 0 Å². The number of nitrogens with one attached hydrogen (secondary N) is 2. The van der Waals surface area contributed by atoms with Crippen LogP contribution in [0.15, 0.2) is 42.7 Å². The minimum absolute atomic E-state index is 0.148. The molecular weight excluding hydrogens is 295 g/mol. The van der Waals surface area contributed by atoms with Crippen LogP contribution in [0.5, 0.6) is 0 Å². The molecule has 0 aliphatic rings. The molecule has 2 N–H and O–H groups in total. The van der Waals surface area contributed by atoms with Gasteiger partial charge in [0.1, 0.15) is 5.82 Å². The number of benzene rings is 1. The SMILES string of the molecule is CN(C)CCNC(=O)c1cncc(NCc2ccc(F)cc2)c1. The van der Waals surface area contributed by atoms with Crippen molar-refractivity contribution < 1.29 is 9.18 Å². The van der Waals surface area contributed by atoms with Gasteiger partial charge in [-0.05, 0) is 37.9 Å². The predicted molar refractivity (Wildman–Crippen MR) is 88.9 cm³/mol. The number of amides is 1. The van der Waals surface area contributed by atoms with E-state index in [2.05, 4.69) is 15.6 Å². The van der Waals surface area contributed by atoms with Crippen molar-refractivity contribution in [2.24, 2.45) is 0 Å². The maximum absolute atomic E-state index is 12.9. The van der Waals surface area contributed by atoms with Gasteiger partial charge in [0.15, 0.2) is 0 Å². The van der Waals surface area contributed by atoms with E-state index in [-0.39, 0.29) is 11.7 Å². The number of aromatic nitrogens is 1. The molecule has 6 heteroatoms. The van der Waals surface area contributed by atoms with E-state index in [1.54, 1.807) is 24.4 Å². The van der Waals surface area contributed by atoms with E-state index in [1.807, 2.05) is 19.0 Å². The number of hydrogen-bond acceptors (Lipinski definition) is 4. The Labute approximate surface area is 135 Å². The Morgan fingerprint density at radius 1 is 1.22 bits per heavy atom. The molecule has 0 spiro atoms. The van der Waals surface area contributed by atoms with Crippen LogP contribution in [0.4, 0.5) is 10.1 Å². The third-order valence-electron chi connectivity index (χ3n) is 3.25. The van der Waals surface area contributed by atoms with E-state index in [9.17, 15) is 9.18 Å². The van der Waals surface area contributed by atoms with E-state index in [1.165, 1.54) is 18.3 Å². The number of halogens is 1. The molecule has 0 unspecified atom stereocenters. The second kappa shape index (κ2) is 8.24. The molecule has 0 atom stereocenters. The summed E-state index contributed by atoms with van der Waals surface area (Å²) in [6.45, 7) is 1.90. The second-order valence-electron chi connectivity index (χ2n) is 5.50. The van der Waals surface area contributed by atoms with Crippen LogP contribution >= 0.6 is 0 Å². The zero-order chi connectivity index (χ0) is 16.7. The Kier molecular flexibility index (Phi) is 6.05. The summed E-state index contributed by atoms with van der Waals surface area (Å²) in [4.78, 5) is 18.1. The highest BCUT2D eigenvalue weighted by Crippen LogP contribution is 2.11. The van der Waals surface area contributed by atoms with Gasteiger partial charge >= 0.3 is 0 Å². The van der Waals surface area contributed by atoms with Crippen LogP contribution in [-0.2, 0) is 6.54 Å². The third-order valence-corrected chi connectivity index (χ3v) is 3.25. The third kappa shape index (κ3) is 5.67. The number of nitrogens with zero attached hydrogens (tertiary/aromatic N) is 2. The summed E-state index contributed by atoms with van der Waals surface area (Å²) in [5.41, 5.74) is 2.20. The highest BCUT2D eigenvalue weighted by Gasteiger charge is 2.06. The maximum Gasteiger partial charge on any atom is 0.252 e. The molecule has 5 nitrogen and oxygen atoms in total. The van der Waals surface area contributed by atoms with E-state index in [0.717, 1.165) is 17.8 Å². The highest BCUT2D eigenvalue weighted by atomic mass is 19.1. The van der Waals surface area contributed by atoms with Crippen molar-refractivity contribution in [3.63, 3.8) is 0 Å². The zero-order valence-electron chi connectivity index (χ0n) is 13.3. The number of pyridine rings is 1. The highest BCUT2D eigenvalue weighted by molar-refractivity contribution is 5.94. The molecule has 1 amide bonds. The lowest BCUT2D eigenvalue weighted by Crippen LogP contribution is -2.31. The summed E-state index contributed by atoms with van der Waals surface area (Å²) in [5, 5.41) is 6.02. The minimum atomic E-state index is -0.258. The first kappa shape index (κ1) is 16.9. The van der Waals surface area contributed by atoms with Crippen molar-refractivity contribution >= 4 is 11.6 Å². The summed E-state index contributed by atoms with van der Waals surface area (Å²) < 4.78 is 12.9. The van der Waals surface area contributed by atoms with Gasteiger partial charge in [-0.1, -0.05) is 12.1 Å². The summed E-state index contributed by atoms with van der Waals surface area (Å²) >= 11 is 0. The lowest BCUT2D eigenvalue weighted by molar-refractivity contribution is 0.0950. The topological polar surface area (TPSA) is 57.3 Å². The summed E-state index contributed by atoms with van der Waals surface area (Å²) in [6.07, 6.45) is 3.19. The molecule has 2 aromatic rings. The van der Waals surface area contributed by atoms with Gasteiger partial charge in [-0.15, -0.1) is 0 Å². The molecular formula is C17H21FN4O. The van der Waals surface area contributed by atoms with E-state index >= 15 is 0 Å². The molecule has 0 saturated carbocycles. The summed E-state index contributed by atoms with van der Waals surface area (Å²) in [5.74, 6) is -0.406. The van der Waals surface area contributed by atoms with E-state index in [0.29, 0.717) is 18.7 Å². The zero-order valence-corrected chi connectivity index (χ0v) is 13.3. The average molecular weight is 316 g/mol. The van der Waals surface area contributed by atoms with Crippen molar-refractivity contribution in [2.45, 2.75) is 6.54 Å². The number of carbonyl (C=O) groups excluding carboxylic acids is 1. The molecule has 23 heavy (non-hydrogen) atoms. The first-order chi connectivity index (χ1) is 11.0. The molecule has 1 aromatic carbocycles. The van der Waals surface area contributed by atoms with Gasteiger partial charge in [-0.3, -0.25) is 9.78 Å². The standard InChI is InChI=1S/C17H21FN4O/c1-22(2)8-7-20-17(23)14-9-16(12-19-11-14)21-10-13-3-5-15(18)6-4-13/h3-6,9,11-12,21H,7-8,10H2,1-2H3,(H,20,23). The van der Waals surface area contributed by atoms with E-state index < -0.39 is 0 Å². The van der Waals surface area contributed by atoms with Gasteiger partial charge in [0.2, 0.25) is 0 Å². The lowest BCUT2D eigenvalue weighted by Gasteiger charge is -2.11. The first-order valence-electron chi connectivity index (χ1n) is 7.41. The normalized spacial score (nSPS) is 10.6. The minimum Gasteiger partial charge on any atom is -0.380 e. The smallest absolute Gasteiger partial charge is 0.252 e. The summed E-state index contributed by atoms with van der Waals surface area (Å²) in [6, 6.07) is 8.02. The molecule has 0 bridgehead atoms. The van der Waals surface area contributed by atoms with Gasteiger partial charge in [-0.2, -0.15) is 0 Å². The Morgan fingerprint density at radius 3 is 2.65 bits per heavy atom. The largest absolute Gasteiger partial charge is 0.380 e. The van der Waals surface area contributed by atoms with Crippen LogP contribution in [-0.4, -0.2) is 43.0 Å². The number of carbonyl (C=O) groups is 1. The van der Waals surface area contributed by atoms with Gasteiger partial charge in [0, 0.05) is 32.0 Å². The van der Waals surface area contributed by atoms with Crippen molar-refractivity contribution in [3.05, 3.63) is 59.7 Å². The number of rotatable bonds is 7. The number of likely N-dealkylation sites (N-methyl/N-ethyl adjacent to an activating group) is 1. The van der Waals surface area contributed by atoms with Gasteiger partial charge in [-0.25, -0.2) is 4.39 Å². The number of hydrogen-bond donors (Lipinski definition) is 2. The fourth-order valence-electron chi connectivity index (χ4n) is 1.96. The average Bonchev–Trinajstić information content (AvgIpc) is 2.54. The van der Waals surface area contributed by atoms with Crippen LogP contribution in [0, 0.1) is 5.82 Å². The fraction of sp³-hybridized carbons (Fsp3) is 0.294. The van der Waals surface area contributed by atoms with E-state index in [4.69, 9.17) is 0 Å². The molecule has 0 radical (unpaired) electrons. The van der Waals surface area contributed by atoms with Gasteiger partial charge < -0.3 is 15.5 Å². The Hall–Kier alpha value is -2.47. The molecule has 2 rings (SSSR count). The summed E-state index contributed by atoms with van der Waals surface area (Å²) in [7, 11) is 3.90. The molecule has 0 saturated heterocycles. The van der Waals surface area contributed by atoms with Crippen molar-refractivity contribution in [2.75, 3.05) is 32.5 Å². The Morgan fingerprint density at radius 2 is 1.96 bits per heavy atom. The monoisotopic (exact) mass is 316 g/mol. The van der Waals surface area contributed by atoms with Crippen LogP contribution in [0.1, 0.15) is 15.9 Å². The van der Waals surface area contributed by atoms with Crippen molar-refractivity contribution in [3.8, 4) is 0 Å². The molecule has 0 fully saturated rings. The Bertz CT molecular complexity index is 643. The Balaban J connectivity index is 1.91. The molecule has 0 aliphatic heterocycles. The van der Waals surface area contributed by atoms with Crippen LogP contribution < -0.4 is 10.6 Å². The first-order valence-corrected chi connectivity index (χ1v) is 7.41. The fourth-order valence-corrected chi connectivity index (χ4v) is 1.96. The molecule has 1 heterocycles. The quantitative estimate of drug-likeness (QED) is 0.821. The van der Waals surface area contributed by atoms with Gasteiger partial charge in [0.05, 0.1) is 11.3 Å². The molecule has 1 aromatic heterocycles. The number of anilines is 1. The van der Waals surface area contributed by atoms with Crippen LogP contribution in [0.25, 0.3) is 0 Å².